The van der Waals surface area contributed by atoms with E-state index in [1.807, 2.05) is 0 Å². The summed E-state index contributed by atoms with van der Waals surface area (Å²) in [7, 11) is 3.09. The molecular weight excluding hydrogens is 250 g/mol. The van der Waals surface area contributed by atoms with Crippen LogP contribution >= 0.6 is 0 Å². The summed E-state index contributed by atoms with van der Waals surface area (Å²) in [5.74, 6) is 1.20. The summed E-state index contributed by atoms with van der Waals surface area (Å²) in [6.07, 6.45) is -2.01. The van der Waals surface area contributed by atoms with Crippen LogP contribution in [0.5, 0.6) is 11.5 Å². The number of aliphatic hydroxyl groups is 3. The lowest BCUT2D eigenvalue weighted by Gasteiger charge is -2.19. The topological polar surface area (TPSA) is 91.2 Å². The fraction of sp³-hybridized carbons (Fsp3) is 0.538. The Labute approximate surface area is 111 Å². The molecule has 0 unspecified atom stereocenters. The van der Waals surface area contributed by atoms with E-state index < -0.39 is 24.3 Å². The molecule has 1 saturated heterocycles. The van der Waals surface area contributed by atoms with E-state index in [1.54, 1.807) is 25.3 Å². The lowest BCUT2D eigenvalue weighted by atomic mass is 10.00. The second kappa shape index (κ2) is 5.75. The van der Waals surface area contributed by atoms with Gasteiger partial charge in [0, 0.05) is 11.6 Å². The van der Waals surface area contributed by atoms with Crippen LogP contribution in [0.25, 0.3) is 0 Å². The van der Waals surface area contributed by atoms with E-state index >= 15 is 0 Å². The van der Waals surface area contributed by atoms with Crippen LogP contribution in [0, 0.1) is 0 Å². The highest BCUT2D eigenvalue weighted by Crippen LogP contribution is 2.35. The van der Waals surface area contributed by atoms with E-state index in [-0.39, 0.29) is 6.61 Å². The van der Waals surface area contributed by atoms with Crippen molar-refractivity contribution in [2.24, 2.45) is 0 Å². The third kappa shape index (κ3) is 2.52. The van der Waals surface area contributed by atoms with E-state index in [0.29, 0.717) is 17.1 Å². The highest BCUT2D eigenvalue weighted by molar-refractivity contribution is 5.43. The number of hydrogen-bond donors (Lipinski definition) is 4. The lowest BCUT2D eigenvalue weighted by molar-refractivity contribution is 0.0192. The average molecular weight is 269 g/mol. The summed E-state index contributed by atoms with van der Waals surface area (Å²) in [5.41, 5.74) is 0.714. The highest BCUT2D eigenvalue weighted by Gasteiger charge is 2.42. The van der Waals surface area contributed by atoms with Crippen molar-refractivity contribution in [3.05, 3.63) is 23.8 Å². The summed E-state index contributed by atoms with van der Waals surface area (Å²) in [6.45, 7) is -0.243. The zero-order valence-electron chi connectivity index (χ0n) is 10.9. The lowest BCUT2D eigenvalue weighted by Crippen LogP contribution is -2.35. The van der Waals surface area contributed by atoms with Gasteiger partial charge in [0.1, 0.15) is 17.6 Å². The molecular formula is C13H19NO5. The van der Waals surface area contributed by atoms with Crippen molar-refractivity contribution < 1.29 is 24.8 Å². The molecule has 0 spiro atoms. The Kier molecular flexibility index (Phi) is 4.26. The number of rotatable bonds is 4. The van der Waals surface area contributed by atoms with Crippen LogP contribution in [0.15, 0.2) is 18.2 Å². The number of benzene rings is 1. The van der Waals surface area contributed by atoms with Crippen LogP contribution in [0.3, 0.4) is 0 Å². The number of aliphatic hydroxyl groups excluding tert-OH is 3. The monoisotopic (exact) mass is 269 g/mol. The summed E-state index contributed by atoms with van der Waals surface area (Å²) in [6, 6.07) is 4.19. The fourth-order valence-electron chi connectivity index (χ4n) is 2.37. The molecule has 6 heteroatoms. The smallest absolute Gasteiger partial charge is 0.127 e. The molecule has 4 atom stereocenters. The van der Waals surface area contributed by atoms with Gasteiger partial charge >= 0.3 is 0 Å². The fourth-order valence-corrected chi connectivity index (χ4v) is 2.37. The first-order valence-electron chi connectivity index (χ1n) is 6.07. The zero-order valence-corrected chi connectivity index (χ0v) is 10.9. The molecule has 0 aliphatic carbocycles. The first-order chi connectivity index (χ1) is 9.12. The van der Waals surface area contributed by atoms with Gasteiger partial charge in [0.25, 0.3) is 0 Å². The van der Waals surface area contributed by atoms with Crippen LogP contribution in [-0.2, 0) is 0 Å². The Morgan fingerprint density at radius 1 is 1.16 bits per heavy atom. The molecule has 1 aromatic carbocycles. The minimum Gasteiger partial charge on any atom is -0.497 e. The normalized spacial score (nSPS) is 30.4. The van der Waals surface area contributed by atoms with E-state index in [4.69, 9.17) is 14.6 Å². The van der Waals surface area contributed by atoms with Gasteiger partial charge in [-0.15, -0.1) is 0 Å². The second-order valence-electron chi connectivity index (χ2n) is 4.52. The van der Waals surface area contributed by atoms with Gasteiger partial charge in [-0.1, -0.05) is 0 Å². The van der Waals surface area contributed by atoms with Gasteiger partial charge in [0.15, 0.2) is 0 Å². The molecule has 1 aliphatic rings. The SMILES string of the molecule is COc1ccc([C@H]2N[C@H](CO)[C@@H](O)[C@@H]2O)c(OC)c1. The standard InChI is InChI=1S/C13H19NO5/c1-18-7-3-4-8(10(5-7)19-2)11-13(17)12(16)9(6-15)14-11/h3-5,9,11-17H,6H2,1-2H3/t9-,11-,12-,13-/m1/s1. The zero-order chi connectivity index (χ0) is 14.0. The summed E-state index contributed by atoms with van der Waals surface area (Å²) in [5, 5.41) is 32.0. The quantitative estimate of drug-likeness (QED) is 0.585. The van der Waals surface area contributed by atoms with Crippen LogP contribution < -0.4 is 14.8 Å². The molecule has 6 nitrogen and oxygen atoms in total. The van der Waals surface area contributed by atoms with E-state index in [0.717, 1.165) is 0 Å². The first-order valence-corrected chi connectivity index (χ1v) is 6.07. The molecule has 0 radical (unpaired) electrons. The Bertz CT molecular complexity index is 439. The van der Waals surface area contributed by atoms with E-state index in [2.05, 4.69) is 5.32 Å². The van der Waals surface area contributed by atoms with Gasteiger partial charge in [-0.25, -0.2) is 0 Å². The second-order valence-corrected chi connectivity index (χ2v) is 4.52. The highest BCUT2D eigenvalue weighted by atomic mass is 16.5. The van der Waals surface area contributed by atoms with Gasteiger partial charge in [-0.05, 0) is 12.1 Å². The molecule has 106 valence electrons. The Balaban J connectivity index is 2.31. The van der Waals surface area contributed by atoms with E-state index in [9.17, 15) is 10.2 Å². The predicted molar refractivity (Wildman–Crippen MR) is 68.3 cm³/mol. The first kappa shape index (κ1) is 14.1. The minimum absolute atomic E-state index is 0.243. The molecule has 2 rings (SSSR count). The molecule has 19 heavy (non-hydrogen) atoms. The van der Waals surface area contributed by atoms with Gasteiger partial charge in [0.05, 0.1) is 39.0 Å². The minimum atomic E-state index is -1.01. The van der Waals surface area contributed by atoms with Crippen molar-refractivity contribution in [1.82, 2.24) is 5.32 Å². The maximum Gasteiger partial charge on any atom is 0.127 e. The molecule has 0 saturated carbocycles. The number of nitrogens with one attached hydrogen (secondary N) is 1. The van der Waals surface area contributed by atoms with Crippen molar-refractivity contribution in [2.75, 3.05) is 20.8 Å². The summed E-state index contributed by atoms with van der Waals surface area (Å²) >= 11 is 0. The van der Waals surface area contributed by atoms with Crippen molar-refractivity contribution in [3.63, 3.8) is 0 Å². The molecule has 0 amide bonds. The molecule has 0 bridgehead atoms. The Hall–Kier alpha value is -1.34. The summed E-state index contributed by atoms with van der Waals surface area (Å²) < 4.78 is 10.4. The Morgan fingerprint density at radius 2 is 1.89 bits per heavy atom. The van der Waals surface area contributed by atoms with Crippen molar-refractivity contribution in [1.29, 1.82) is 0 Å². The van der Waals surface area contributed by atoms with Crippen LogP contribution in [0.2, 0.25) is 0 Å². The average Bonchev–Trinajstić information content (AvgIpc) is 2.74. The predicted octanol–water partition coefficient (Wildman–Crippen LogP) is -0.569. The van der Waals surface area contributed by atoms with Crippen molar-refractivity contribution >= 4 is 0 Å². The molecule has 4 N–H and O–H groups in total. The molecule has 1 aliphatic heterocycles. The molecule has 0 aromatic heterocycles. The molecule has 1 aromatic rings. The van der Waals surface area contributed by atoms with E-state index in [1.165, 1.54) is 7.11 Å². The van der Waals surface area contributed by atoms with Crippen molar-refractivity contribution in [3.8, 4) is 11.5 Å². The maximum absolute atomic E-state index is 10.0. The molecule has 1 heterocycles. The Morgan fingerprint density at radius 3 is 2.42 bits per heavy atom. The third-order valence-electron chi connectivity index (χ3n) is 3.47. The largest absolute Gasteiger partial charge is 0.497 e. The number of hydrogen-bond acceptors (Lipinski definition) is 6. The third-order valence-corrected chi connectivity index (χ3v) is 3.47. The summed E-state index contributed by atoms with van der Waals surface area (Å²) in [4.78, 5) is 0. The van der Waals surface area contributed by atoms with Gasteiger partial charge in [-0.2, -0.15) is 0 Å². The van der Waals surface area contributed by atoms with Crippen molar-refractivity contribution in [2.45, 2.75) is 24.3 Å². The van der Waals surface area contributed by atoms with Gasteiger partial charge in [0.2, 0.25) is 0 Å². The maximum atomic E-state index is 10.0. The van der Waals surface area contributed by atoms with Crippen LogP contribution in [-0.4, -0.2) is 54.4 Å². The van der Waals surface area contributed by atoms with Crippen LogP contribution in [0.1, 0.15) is 11.6 Å². The van der Waals surface area contributed by atoms with Crippen LogP contribution in [0.4, 0.5) is 0 Å². The van der Waals surface area contributed by atoms with Gasteiger partial charge in [-0.3, -0.25) is 0 Å². The number of methoxy groups -OCH3 is 2. The molecule has 1 fully saturated rings. The van der Waals surface area contributed by atoms with Gasteiger partial charge < -0.3 is 30.1 Å². The number of ether oxygens (including phenoxy) is 2.